The summed E-state index contributed by atoms with van der Waals surface area (Å²) in [5, 5.41) is 4.63. The Morgan fingerprint density at radius 3 is 2.32 bits per heavy atom. The van der Waals surface area contributed by atoms with E-state index in [-0.39, 0.29) is 17.0 Å². The van der Waals surface area contributed by atoms with Gasteiger partial charge in [0.1, 0.15) is 17.0 Å². The molecule has 0 unspecified atom stereocenters. The molecular formula is C22H20Br2N2O5. The van der Waals surface area contributed by atoms with Crippen LogP contribution in [-0.4, -0.2) is 42.5 Å². The van der Waals surface area contributed by atoms with Crippen LogP contribution in [0.15, 0.2) is 51.4 Å². The zero-order valence-electron chi connectivity index (χ0n) is 17.1. The third kappa shape index (κ3) is 4.67. The number of halogens is 2. The summed E-state index contributed by atoms with van der Waals surface area (Å²) < 4.78 is 18.7. The first kappa shape index (κ1) is 23.0. The second kappa shape index (κ2) is 10.1. The van der Waals surface area contributed by atoms with Crippen LogP contribution < -0.4 is 4.74 Å². The van der Waals surface area contributed by atoms with Crippen molar-refractivity contribution in [1.29, 1.82) is 0 Å². The Hall–Kier alpha value is -2.65. The molecule has 0 aliphatic heterocycles. The largest absolute Gasteiger partial charge is 0.492 e. The molecule has 0 spiro atoms. The van der Waals surface area contributed by atoms with Gasteiger partial charge in [-0.05, 0) is 46.6 Å². The van der Waals surface area contributed by atoms with Gasteiger partial charge in [0, 0.05) is 10.0 Å². The van der Waals surface area contributed by atoms with Crippen LogP contribution in [0.1, 0.15) is 34.2 Å². The molecule has 2 aromatic carbocycles. The quantitative estimate of drug-likeness (QED) is 0.364. The Labute approximate surface area is 196 Å². The zero-order valence-corrected chi connectivity index (χ0v) is 20.3. The molecular weight excluding hydrogens is 532 g/mol. The van der Waals surface area contributed by atoms with Crippen molar-refractivity contribution in [1.82, 2.24) is 9.78 Å². The molecule has 31 heavy (non-hydrogen) atoms. The van der Waals surface area contributed by atoms with Crippen LogP contribution in [0.3, 0.4) is 0 Å². The van der Waals surface area contributed by atoms with Crippen molar-refractivity contribution in [3.05, 3.63) is 62.7 Å². The molecule has 0 radical (unpaired) electrons. The second-order valence-electron chi connectivity index (χ2n) is 6.42. The fraction of sp³-hybridized carbons (Fsp3) is 0.227. The summed E-state index contributed by atoms with van der Waals surface area (Å²) in [5.41, 5.74) is 1.31. The monoisotopic (exact) mass is 550 g/mol. The first-order valence-electron chi connectivity index (χ1n) is 9.40. The Morgan fingerprint density at radius 1 is 1.03 bits per heavy atom. The minimum absolute atomic E-state index is 0.00967. The molecule has 0 fully saturated rings. The first-order chi connectivity index (χ1) is 14.9. The summed E-state index contributed by atoms with van der Waals surface area (Å²) in [4.78, 5) is 25.6. The highest BCUT2D eigenvalue weighted by Gasteiger charge is 2.33. The normalized spacial score (nSPS) is 10.6. The van der Waals surface area contributed by atoms with Crippen LogP contribution in [-0.2, 0) is 9.47 Å². The molecule has 9 heteroatoms. The molecule has 0 atom stereocenters. The molecule has 162 valence electrons. The van der Waals surface area contributed by atoms with Crippen molar-refractivity contribution in [3.8, 4) is 22.7 Å². The molecule has 0 saturated carbocycles. The van der Waals surface area contributed by atoms with Gasteiger partial charge in [0.05, 0.1) is 31.0 Å². The van der Waals surface area contributed by atoms with Gasteiger partial charge in [-0.1, -0.05) is 41.1 Å². The molecule has 0 amide bonds. The number of carbonyl (C=O) groups is 2. The van der Waals surface area contributed by atoms with Crippen molar-refractivity contribution in [2.24, 2.45) is 0 Å². The Morgan fingerprint density at radius 2 is 1.71 bits per heavy atom. The molecule has 0 aliphatic rings. The predicted molar refractivity (Wildman–Crippen MR) is 123 cm³/mol. The van der Waals surface area contributed by atoms with E-state index in [0.717, 1.165) is 10.9 Å². The van der Waals surface area contributed by atoms with Crippen LogP contribution in [0.4, 0.5) is 0 Å². The van der Waals surface area contributed by atoms with Crippen LogP contribution >= 0.6 is 31.9 Å². The number of rotatable bonds is 7. The van der Waals surface area contributed by atoms with Gasteiger partial charge in [-0.15, -0.1) is 0 Å². The Balaban J connectivity index is 2.40. The Bertz CT molecular complexity index is 1110. The minimum Gasteiger partial charge on any atom is -0.492 e. The molecule has 0 bridgehead atoms. The summed E-state index contributed by atoms with van der Waals surface area (Å²) in [5.74, 6) is -0.924. The van der Waals surface area contributed by atoms with Gasteiger partial charge in [-0.3, -0.25) is 0 Å². The molecule has 0 N–H and O–H groups in total. The number of carbonyl (C=O) groups excluding carboxylic acids is 2. The highest BCUT2D eigenvalue weighted by molar-refractivity contribution is 9.11. The van der Waals surface area contributed by atoms with E-state index in [1.807, 2.05) is 19.1 Å². The molecule has 0 saturated heterocycles. The lowest BCUT2D eigenvalue weighted by molar-refractivity contribution is 0.0549. The highest BCUT2D eigenvalue weighted by atomic mass is 79.9. The van der Waals surface area contributed by atoms with E-state index in [9.17, 15) is 9.59 Å². The summed E-state index contributed by atoms with van der Waals surface area (Å²) >= 11 is 7.00. The van der Waals surface area contributed by atoms with Crippen molar-refractivity contribution < 1.29 is 23.8 Å². The van der Waals surface area contributed by atoms with Crippen LogP contribution in [0.25, 0.3) is 16.9 Å². The Kier molecular flexibility index (Phi) is 7.50. The maximum atomic E-state index is 12.8. The van der Waals surface area contributed by atoms with Gasteiger partial charge >= 0.3 is 11.9 Å². The van der Waals surface area contributed by atoms with E-state index < -0.39 is 11.9 Å². The summed E-state index contributed by atoms with van der Waals surface area (Å²) in [6.07, 6.45) is 0.789. The SMILES string of the molecule is CCCOc1c(Br)cc(Br)cc1-c1nn(-c2ccccc2)c(C(=O)OC)c1C(=O)OC. The number of nitrogens with zero attached hydrogens (tertiary/aromatic N) is 2. The molecule has 7 nitrogen and oxygen atoms in total. The lowest BCUT2D eigenvalue weighted by Gasteiger charge is -2.13. The smallest absolute Gasteiger partial charge is 0.357 e. The van der Waals surface area contributed by atoms with Crippen LogP contribution in [0, 0.1) is 0 Å². The third-order valence-corrected chi connectivity index (χ3v) is 5.42. The lowest BCUT2D eigenvalue weighted by Crippen LogP contribution is -2.15. The van der Waals surface area contributed by atoms with Gasteiger partial charge in [-0.25, -0.2) is 14.3 Å². The number of hydrogen-bond acceptors (Lipinski definition) is 6. The van der Waals surface area contributed by atoms with Gasteiger partial charge in [0.2, 0.25) is 0 Å². The molecule has 1 heterocycles. The number of aromatic nitrogens is 2. The summed E-state index contributed by atoms with van der Waals surface area (Å²) in [7, 11) is 2.50. The number of para-hydroxylation sites is 1. The maximum Gasteiger partial charge on any atom is 0.357 e. The summed E-state index contributed by atoms with van der Waals surface area (Å²) in [6, 6.07) is 12.6. The number of esters is 2. The lowest BCUT2D eigenvalue weighted by atomic mass is 10.0. The fourth-order valence-electron chi connectivity index (χ4n) is 3.03. The number of benzene rings is 2. The van der Waals surface area contributed by atoms with Gasteiger partial charge in [0.15, 0.2) is 5.69 Å². The van der Waals surface area contributed by atoms with Crippen molar-refractivity contribution in [2.45, 2.75) is 13.3 Å². The van der Waals surface area contributed by atoms with Crippen LogP contribution in [0.2, 0.25) is 0 Å². The third-order valence-electron chi connectivity index (χ3n) is 4.37. The fourth-order valence-corrected chi connectivity index (χ4v) is 4.37. The molecule has 1 aromatic heterocycles. The topological polar surface area (TPSA) is 79.7 Å². The van der Waals surface area contributed by atoms with E-state index in [2.05, 4.69) is 37.0 Å². The van der Waals surface area contributed by atoms with E-state index in [4.69, 9.17) is 14.2 Å². The summed E-state index contributed by atoms with van der Waals surface area (Å²) in [6.45, 7) is 2.45. The second-order valence-corrected chi connectivity index (χ2v) is 8.19. The average molecular weight is 552 g/mol. The first-order valence-corrected chi connectivity index (χ1v) is 11.0. The van der Waals surface area contributed by atoms with E-state index in [1.54, 1.807) is 30.3 Å². The van der Waals surface area contributed by atoms with E-state index >= 15 is 0 Å². The number of hydrogen-bond donors (Lipinski definition) is 0. The van der Waals surface area contributed by atoms with E-state index in [1.165, 1.54) is 18.9 Å². The van der Waals surface area contributed by atoms with Crippen molar-refractivity contribution in [3.63, 3.8) is 0 Å². The zero-order chi connectivity index (χ0) is 22.5. The minimum atomic E-state index is -0.715. The number of methoxy groups -OCH3 is 2. The van der Waals surface area contributed by atoms with Crippen molar-refractivity contribution >= 4 is 43.8 Å². The van der Waals surface area contributed by atoms with Gasteiger partial charge in [0.25, 0.3) is 0 Å². The predicted octanol–water partition coefficient (Wildman–Crippen LogP) is 5.43. The van der Waals surface area contributed by atoms with Gasteiger partial charge in [-0.2, -0.15) is 5.10 Å². The average Bonchev–Trinajstić information content (AvgIpc) is 3.18. The highest BCUT2D eigenvalue weighted by Crippen LogP contribution is 2.41. The molecule has 0 aliphatic carbocycles. The molecule has 3 rings (SSSR count). The van der Waals surface area contributed by atoms with E-state index in [0.29, 0.717) is 28.1 Å². The van der Waals surface area contributed by atoms with Gasteiger partial charge < -0.3 is 14.2 Å². The molecule has 3 aromatic rings. The van der Waals surface area contributed by atoms with Crippen molar-refractivity contribution in [2.75, 3.05) is 20.8 Å². The van der Waals surface area contributed by atoms with Crippen LogP contribution in [0.5, 0.6) is 5.75 Å². The number of ether oxygens (including phenoxy) is 3. The maximum absolute atomic E-state index is 12.8. The standard InChI is InChI=1S/C22H20Br2N2O5/c1-4-10-31-20-15(11-13(23)12-16(20)24)18-17(21(27)29-2)19(22(28)30-3)26(25-18)14-8-6-5-7-9-14/h5-9,11-12H,4,10H2,1-3H3.